The van der Waals surface area contributed by atoms with Crippen LogP contribution in [0.15, 0.2) is 49.6 Å². The van der Waals surface area contributed by atoms with Crippen molar-refractivity contribution in [1.29, 1.82) is 0 Å². The van der Waals surface area contributed by atoms with Crippen LogP contribution >= 0.6 is 11.8 Å². The summed E-state index contributed by atoms with van der Waals surface area (Å²) in [6.45, 7) is 11.6. The fraction of sp³-hybridized carbons (Fsp3) is 0.618. The molecule has 1 saturated carbocycles. The van der Waals surface area contributed by atoms with Crippen LogP contribution in [0, 0.1) is 11.8 Å². The van der Waals surface area contributed by atoms with E-state index in [9.17, 15) is 19.5 Å². The molecule has 8 nitrogen and oxygen atoms in total. The van der Waals surface area contributed by atoms with Gasteiger partial charge in [0.05, 0.1) is 23.2 Å². The van der Waals surface area contributed by atoms with Gasteiger partial charge in [-0.15, -0.1) is 24.9 Å². The van der Waals surface area contributed by atoms with E-state index in [1.165, 1.54) is 6.42 Å². The lowest BCUT2D eigenvalue weighted by Gasteiger charge is -2.41. The Balaban J connectivity index is 1.49. The molecule has 3 saturated heterocycles. The minimum atomic E-state index is -0.634. The quantitative estimate of drug-likeness (QED) is 0.241. The van der Waals surface area contributed by atoms with Gasteiger partial charge in [0.2, 0.25) is 17.7 Å². The zero-order chi connectivity index (χ0) is 30.6. The summed E-state index contributed by atoms with van der Waals surface area (Å²) in [7, 11) is 0. The largest absolute Gasteiger partial charge is 0.494 e. The van der Waals surface area contributed by atoms with Crippen molar-refractivity contribution in [2.45, 2.75) is 86.8 Å². The van der Waals surface area contributed by atoms with E-state index in [4.69, 9.17) is 4.74 Å². The van der Waals surface area contributed by atoms with Crippen molar-refractivity contribution in [3.8, 4) is 5.75 Å². The van der Waals surface area contributed by atoms with Crippen LogP contribution in [0.25, 0.3) is 0 Å². The number of anilines is 1. The average molecular weight is 610 g/mol. The number of likely N-dealkylation sites (tertiary alicyclic amines) is 1. The third-order valence-electron chi connectivity index (χ3n) is 9.79. The average Bonchev–Trinajstić information content (AvgIpc) is 3.67. The number of hydrogen-bond acceptors (Lipinski definition) is 6. The topological polar surface area (TPSA) is 90.4 Å². The first-order valence-corrected chi connectivity index (χ1v) is 17.0. The number of fused-ring (bicyclic) bond motifs is 1. The number of carbonyl (C=O) groups excluding carboxylic acids is 3. The maximum Gasteiger partial charge on any atom is 0.247 e. The van der Waals surface area contributed by atoms with Crippen molar-refractivity contribution in [2.24, 2.45) is 11.8 Å². The Morgan fingerprint density at radius 3 is 2.44 bits per heavy atom. The highest BCUT2D eigenvalue weighted by Gasteiger charge is 2.74. The van der Waals surface area contributed by atoms with Gasteiger partial charge in [0, 0.05) is 43.2 Å². The van der Waals surface area contributed by atoms with Crippen LogP contribution in [-0.2, 0) is 14.4 Å². The second-order valence-corrected chi connectivity index (χ2v) is 13.9. The predicted molar refractivity (Wildman–Crippen MR) is 171 cm³/mol. The summed E-state index contributed by atoms with van der Waals surface area (Å²) in [5, 5.41) is 9.48. The van der Waals surface area contributed by atoms with Crippen LogP contribution < -0.4 is 9.64 Å². The van der Waals surface area contributed by atoms with Crippen molar-refractivity contribution in [1.82, 2.24) is 9.80 Å². The highest BCUT2D eigenvalue weighted by atomic mass is 32.2. The second-order valence-electron chi connectivity index (χ2n) is 12.3. The minimum Gasteiger partial charge on any atom is -0.494 e. The SMILES string of the molecule is C=CCN(C(=O)[C@@H]1[C@@H]2CCC3(S2)C(C(=O)N(CC=C)C2CCCCC2)N(CCCCO)C(=O)[C@H]13)c1ccc(OCC)cc1. The molecule has 1 spiro atoms. The molecule has 0 aromatic heterocycles. The number of rotatable bonds is 14. The maximum absolute atomic E-state index is 14.7. The Labute approximate surface area is 260 Å². The molecule has 2 bridgehead atoms. The zero-order valence-corrected chi connectivity index (χ0v) is 26.3. The number of amides is 3. The molecule has 234 valence electrons. The molecule has 3 amide bonds. The number of aliphatic hydroxyl groups is 1. The Bertz CT molecular complexity index is 1180. The first-order valence-electron chi connectivity index (χ1n) is 16.1. The van der Waals surface area contributed by atoms with Crippen LogP contribution in [0.2, 0.25) is 0 Å². The van der Waals surface area contributed by atoms with E-state index in [1.54, 1.807) is 33.7 Å². The van der Waals surface area contributed by atoms with E-state index in [0.717, 1.165) is 50.0 Å². The molecule has 5 atom stereocenters. The van der Waals surface area contributed by atoms with Crippen molar-refractivity contribution in [3.63, 3.8) is 0 Å². The van der Waals surface area contributed by atoms with Gasteiger partial charge in [0.1, 0.15) is 11.8 Å². The fourth-order valence-corrected chi connectivity index (χ4v) is 10.2. The van der Waals surface area contributed by atoms with Gasteiger partial charge in [-0.25, -0.2) is 0 Å². The summed E-state index contributed by atoms with van der Waals surface area (Å²) in [6.07, 6.45) is 11.5. The molecular weight excluding hydrogens is 562 g/mol. The normalized spacial score (nSPS) is 28.0. The van der Waals surface area contributed by atoms with Gasteiger partial charge in [-0.1, -0.05) is 31.4 Å². The van der Waals surface area contributed by atoms with Crippen LogP contribution in [-0.4, -0.2) is 87.6 Å². The number of ether oxygens (including phenoxy) is 1. The molecule has 5 rings (SSSR count). The molecule has 3 aliphatic heterocycles. The summed E-state index contributed by atoms with van der Waals surface area (Å²) in [5.74, 6) is -0.504. The van der Waals surface area contributed by atoms with E-state index < -0.39 is 22.6 Å². The molecule has 1 aliphatic carbocycles. The highest BCUT2D eigenvalue weighted by molar-refractivity contribution is 8.02. The first-order chi connectivity index (χ1) is 20.9. The molecule has 1 aromatic carbocycles. The smallest absolute Gasteiger partial charge is 0.247 e. The maximum atomic E-state index is 14.7. The van der Waals surface area contributed by atoms with E-state index in [1.807, 2.05) is 36.1 Å². The number of benzene rings is 1. The van der Waals surface area contributed by atoms with Gasteiger partial charge < -0.3 is 24.5 Å². The molecule has 43 heavy (non-hydrogen) atoms. The predicted octanol–water partition coefficient (Wildman–Crippen LogP) is 4.82. The summed E-state index contributed by atoms with van der Waals surface area (Å²) < 4.78 is 4.97. The molecule has 9 heteroatoms. The number of hydrogen-bond donors (Lipinski definition) is 1. The lowest BCUT2D eigenvalue weighted by atomic mass is 9.70. The zero-order valence-electron chi connectivity index (χ0n) is 25.5. The van der Waals surface area contributed by atoms with Gasteiger partial charge in [-0.05, 0) is 69.7 Å². The molecule has 2 unspecified atom stereocenters. The van der Waals surface area contributed by atoms with Crippen molar-refractivity contribution < 1.29 is 24.2 Å². The second kappa shape index (κ2) is 13.9. The number of carbonyl (C=O) groups is 3. The van der Waals surface area contributed by atoms with Crippen LogP contribution in [0.5, 0.6) is 5.75 Å². The monoisotopic (exact) mass is 609 g/mol. The van der Waals surface area contributed by atoms with E-state index in [0.29, 0.717) is 39.1 Å². The third kappa shape index (κ3) is 5.87. The molecular formula is C34H47N3O5S. The summed E-state index contributed by atoms with van der Waals surface area (Å²) >= 11 is 1.71. The van der Waals surface area contributed by atoms with Crippen molar-refractivity contribution in [2.75, 3.05) is 37.7 Å². The third-order valence-corrected chi connectivity index (χ3v) is 11.7. The van der Waals surface area contributed by atoms with Crippen molar-refractivity contribution in [3.05, 3.63) is 49.6 Å². The Kier molecular flexibility index (Phi) is 10.2. The first kappa shape index (κ1) is 31.6. The van der Waals surface area contributed by atoms with E-state index in [2.05, 4.69) is 13.2 Å². The summed E-state index contributed by atoms with van der Waals surface area (Å²) in [5.41, 5.74) is 0.738. The molecule has 4 aliphatic rings. The number of aliphatic hydroxyl groups excluding tert-OH is 1. The van der Waals surface area contributed by atoms with E-state index in [-0.39, 0.29) is 35.6 Å². The Hall–Kier alpha value is -2.78. The van der Waals surface area contributed by atoms with Crippen LogP contribution in [0.4, 0.5) is 5.69 Å². The van der Waals surface area contributed by atoms with Crippen LogP contribution in [0.3, 0.4) is 0 Å². The van der Waals surface area contributed by atoms with Gasteiger partial charge in [0.25, 0.3) is 0 Å². The Morgan fingerprint density at radius 1 is 1.07 bits per heavy atom. The summed E-state index contributed by atoms with van der Waals surface area (Å²) in [6, 6.07) is 7.01. The van der Waals surface area contributed by atoms with Gasteiger partial charge in [0.15, 0.2) is 0 Å². The fourth-order valence-electron chi connectivity index (χ4n) is 7.98. The van der Waals surface area contributed by atoms with Crippen molar-refractivity contribution >= 4 is 35.2 Å². The molecule has 1 aromatic rings. The number of nitrogens with zero attached hydrogens (tertiary/aromatic N) is 3. The molecule has 3 heterocycles. The van der Waals surface area contributed by atoms with Crippen LogP contribution in [0.1, 0.15) is 64.7 Å². The van der Waals surface area contributed by atoms with E-state index >= 15 is 0 Å². The molecule has 1 N–H and O–H groups in total. The van der Waals surface area contributed by atoms with Gasteiger partial charge >= 0.3 is 0 Å². The Morgan fingerprint density at radius 2 is 1.79 bits per heavy atom. The molecule has 0 radical (unpaired) electrons. The highest BCUT2D eigenvalue weighted by Crippen LogP contribution is 2.67. The minimum absolute atomic E-state index is 0.00218. The summed E-state index contributed by atoms with van der Waals surface area (Å²) in [4.78, 5) is 49.1. The number of thioether (sulfide) groups is 1. The standard InChI is InChI=1S/C34H47N3O5S/c1-4-20-35(25-14-16-26(17-15-25)42-6-3)31(39)28-27-18-19-34(43-27)29(28)32(40)37(22-10-11-23-38)30(34)33(41)36(21-5-2)24-12-8-7-9-13-24/h4-5,14-17,24,27-30,38H,1-2,6-13,18-23H2,3H3/t27-,28+,29-,30?,34?/m0/s1. The van der Waals surface area contributed by atoms with Gasteiger partial charge in [-0.2, -0.15) is 0 Å². The lowest BCUT2D eigenvalue weighted by molar-refractivity contribution is -0.144. The molecule has 4 fully saturated rings. The van der Waals surface area contributed by atoms with Gasteiger partial charge in [-0.3, -0.25) is 14.4 Å². The lowest BCUT2D eigenvalue weighted by Crippen LogP contribution is -2.57. The number of unbranched alkanes of at least 4 members (excludes halogenated alkanes) is 1.